The molecule has 0 unspecified atom stereocenters. The van der Waals surface area contributed by atoms with Gasteiger partial charge in [-0.05, 0) is 31.0 Å². The van der Waals surface area contributed by atoms with Gasteiger partial charge in [0.15, 0.2) is 0 Å². The molecule has 1 saturated carbocycles. The topological polar surface area (TPSA) is 92.4 Å². The van der Waals surface area contributed by atoms with E-state index >= 15 is 0 Å². The van der Waals surface area contributed by atoms with Crippen LogP contribution in [-0.4, -0.2) is 22.5 Å². The maximum absolute atomic E-state index is 13.6. The van der Waals surface area contributed by atoms with Gasteiger partial charge in [-0.2, -0.15) is 0 Å². The Balaban J connectivity index is 2.05. The summed E-state index contributed by atoms with van der Waals surface area (Å²) in [5, 5.41) is 11.3. The van der Waals surface area contributed by atoms with Gasteiger partial charge in [-0.3, -0.25) is 4.79 Å². The van der Waals surface area contributed by atoms with E-state index in [1.54, 1.807) is 0 Å². The highest BCUT2D eigenvalue weighted by molar-refractivity contribution is 5.94. The third-order valence-corrected chi connectivity index (χ3v) is 3.85. The smallest absolute Gasteiger partial charge is 0.335 e. The van der Waals surface area contributed by atoms with E-state index < -0.39 is 17.3 Å². The van der Waals surface area contributed by atoms with E-state index in [9.17, 15) is 14.0 Å². The molecule has 1 aromatic rings. The summed E-state index contributed by atoms with van der Waals surface area (Å²) in [6.07, 6.45) is 4.77. The number of hydrogen-bond acceptors (Lipinski definition) is 3. The van der Waals surface area contributed by atoms with Gasteiger partial charge in [0.25, 0.3) is 0 Å². The number of halogens is 1. The van der Waals surface area contributed by atoms with Gasteiger partial charge in [0.1, 0.15) is 5.82 Å². The van der Waals surface area contributed by atoms with E-state index in [1.807, 2.05) is 0 Å². The van der Waals surface area contributed by atoms with Crippen LogP contribution in [0, 0.1) is 5.82 Å². The minimum absolute atomic E-state index is 0.0770. The molecule has 1 aliphatic rings. The van der Waals surface area contributed by atoms with Crippen molar-refractivity contribution in [2.45, 2.75) is 44.1 Å². The highest BCUT2D eigenvalue weighted by Gasteiger charge is 2.30. The molecule has 114 valence electrons. The molecule has 1 amide bonds. The zero-order valence-corrected chi connectivity index (χ0v) is 11.7. The van der Waals surface area contributed by atoms with Crippen molar-refractivity contribution in [3.8, 4) is 0 Å². The molecule has 1 aromatic carbocycles. The normalized spacial score (nSPS) is 17.2. The molecule has 0 bridgehead atoms. The molecule has 1 aliphatic carbocycles. The standard InChI is InChI=1S/C15H19FN2O3/c16-11-5-4-10(14(20)21)8-12(11)18-13(19)9-15(17)6-2-1-3-7-15/h4-5,8H,1-3,6-7,9,17H2,(H,18,19)(H,20,21). The summed E-state index contributed by atoms with van der Waals surface area (Å²) in [6.45, 7) is 0. The number of nitrogens with two attached hydrogens (primary N) is 1. The highest BCUT2D eigenvalue weighted by atomic mass is 19.1. The van der Waals surface area contributed by atoms with E-state index in [0.29, 0.717) is 0 Å². The predicted molar refractivity (Wildman–Crippen MR) is 76.6 cm³/mol. The Kier molecular flexibility index (Phi) is 4.57. The van der Waals surface area contributed by atoms with Gasteiger partial charge in [0.2, 0.25) is 5.91 Å². The molecule has 0 aliphatic heterocycles. The van der Waals surface area contributed by atoms with Crippen LogP contribution in [0.5, 0.6) is 0 Å². The fraction of sp³-hybridized carbons (Fsp3) is 0.467. The zero-order valence-electron chi connectivity index (χ0n) is 11.7. The molecule has 5 nitrogen and oxygen atoms in total. The minimum atomic E-state index is -1.17. The second kappa shape index (κ2) is 6.22. The minimum Gasteiger partial charge on any atom is -0.478 e. The van der Waals surface area contributed by atoms with Gasteiger partial charge < -0.3 is 16.2 Å². The lowest BCUT2D eigenvalue weighted by Crippen LogP contribution is -2.44. The second-order valence-corrected chi connectivity index (χ2v) is 5.65. The molecular weight excluding hydrogens is 275 g/mol. The number of carbonyl (C=O) groups excluding carboxylic acids is 1. The van der Waals surface area contributed by atoms with E-state index in [4.69, 9.17) is 10.8 Å². The zero-order chi connectivity index (χ0) is 15.5. The van der Waals surface area contributed by atoms with Gasteiger partial charge in [-0.1, -0.05) is 19.3 Å². The number of benzene rings is 1. The number of hydrogen-bond donors (Lipinski definition) is 3. The molecule has 21 heavy (non-hydrogen) atoms. The molecule has 0 heterocycles. The van der Waals surface area contributed by atoms with E-state index in [-0.39, 0.29) is 23.6 Å². The Hall–Kier alpha value is -1.95. The Bertz CT molecular complexity index is 554. The van der Waals surface area contributed by atoms with Crippen LogP contribution in [0.15, 0.2) is 18.2 Å². The first-order valence-electron chi connectivity index (χ1n) is 7.01. The Morgan fingerprint density at radius 1 is 1.29 bits per heavy atom. The summed E-state index contributed by atoms with van der Waals surface area (Å²) in [6, 6.07) is 3.29. The molecule has 6 heteroatoms. The van der Waals surface area contributed by atoms with Gasteiger partial charge in [0, 0.05) is 12.0 Å². The summed E-state index contributed by atoms with van der Waals surface area (Å²) in [5.41, 5.74) is 5.44. The molecule has 0 saturated heterocycles. The molecule has 2 rings (SSSR count). The molecule has 1 fully saturated rings. The van der Waals surface area contributed by atoms with Crippen molar-refractivity contribution in [2.75, 3.05) is 5.32 Å². The van der Waals surface area contributed by atoms with Crippen LogP contribution in [0.2, 0.25) is 0 Å². The van der Waals surface area contributed by atoms with Crippen molar-refractivity contribution in [3.05, 3.63) is 29.6 Å². The lowest BCUT2D eigenvalue weighted by atomic mass is 9.80. The molecule has 0 atom stereocenters. The van der Waals surface area contributed by atoms with Crippen molar-refractivity contribution in [3.63, 3.8) is 0 Å². The average Bonchev–Trinajstić information content (AvgIpc) is 2.41. The summed E-state index contributed by atoms with van der Waals surface area (Å²) >= 11 is 0. The molecule has 0 spiro atoms. The van der Waals surface area contributed by atoms with E-state index in [1.165, 1.54) is 0 Å². The number of aromatic carboxylic acids is 1. The number of anilines is 1. The fourth-order valence-electron chi connectivity index (χ4n) is 2.70. The fourth-order valence-corrected chi connectivity index (χ4v) is 2.70. The van der Waals surface area contributed by atoms with Gasteiger partial charge in [-0.25, -0.2) is 9.18 Å². The highest BCUT2D eigenvalue weighted by Crippen LogP contribution is 2.29. The Labute approximate surface area is 122 Å². The largest absolute Gasteiger partial charge is 0.478 e. The third-order valence-electron chi connectivity index (χ3n) is 3.85. The first-order chi connectivity index (χ1) is 9.89. The van der Waals surface area contributed by atoms with Crippen LogP contribution < -0.4 is 11.1 Å². The van der Waals surface area contributed by atoms with Crippen LogP contribution in [-0.2, 0) is 4.79 Å². The summed E-state index contributed by atoms with van der Waals surface area (Å²) in [5.74, 6) is -2.23. The summed E-state index contributed by atoms with van der Waals surface area (Å²) < 4.78 is 13.6. The molecule has 4 N–H and O–H groups in total. The van der Waals surface area contributed by atoms with Crippen molar-refractivity contribution in [1.82, 2.24) is 0 Å². The summed E-state index contributed by atoms with van der Waals surface area (Å²) in [4.78, 5) is 22.9. The number of nitrogens with one attached hydrogen (secondary N) is 1. The predicted octanol–water partition coefficient (Wildman–Crippen LogP) is 2.51. The van der Waals surface area contributed by atoms with E-state index in [0.717, 1.165) is 50.3 Å². The number of carboxylic acid groups (broad SMARTS) is 1. The quantitative estimate of drug-likeness (QED) is 0.795. The average molecular weight is 294 g/mol. The van der Waals surface area contributed by atoms with Crippen molar-refractivity contribution >= 4 is 17.6 Å². The molecule has 0 radical (unpaired) electrons. The first kappa shape index (κ1) is 15.4. The Morgan fingerprint density at radius 2 is 1.95 bits per heavy atom. The van der Waals surface area contributed by atoms with Crippen LogP contribution in [0.3, 0.4) is 0 Å². The SMILES string of the molecule is NC1(CC(=O)Nc2cc(C(=O)O)ccc2F)CCCCC1. The number of rotatable bonds is 4. The number of carbonyl (C=O) groups is 2. The third kappa shape index (κ3) is 4.01. The lowest BCUT2D eigenvalue weighted by molar-refractivity contribution is -0.117. The monoisotopic (exact) mass is 294 g/mol. The number of carboxylic acids is 1. The molecule has 0 aromatic heterocycles. The second-order valence-electron chi connectivity index (χ2n) is 5.65. The maximum Gasteiger partial charge on any atom is 0.335 e. The van der Waals surface area contributed by atoms with Crippen molar-refractivity contribution in [2.24, 2.45) is 5.73 Å². The van der Waals surface area contributed by atoms with Crippen LogP contribution >= 0.6 is 0 Å². The van der Waals surface area contributed by atoms with Gasteiger partial charge in [-0.15, -0.1) is 0 Å². The first-order valence-corrected chi connectivity index (χ1v) is 7.01. The van der Waals surface area contributed by atoms with Gasteiger partial charge >= 0.3 is 5.97 Å². The van der Waals surface area contributed by atoms with Crippen LogP contribution in [0.1, 0.15) is 48.9 Å². The Morgan fingerprint density at radius 3 is 2.57 bits per heavy atom. The lowest BCUT2D eigenvalue weighted by Gasteiger charge is -2.32. The van der Waals surface area contributed by atoms with Crippen LogP contribution in [0.25, 0.3) is 0 Å². The van der Waals surface area contributed by atoms with Crippen molar-refractivity contribution in [1.29, 1.82) is 0 Å². The van der Waals surface area contributed by atoms with Gasteiger partial charge in [0.05, 0.1) is 11.3 Å². The molecular formula is C15H19FN2O3. The summed E-state index contributed by atoms with van der Waals surface area (Å²) in [7, 11) is 0. The van der Waals surface area contributed by atoms with Crippen LogP contribution in [0.4, 0.5) is 10.1 Å². The van der Waals surface area contributed by atoms with Crippen molar-refractivity contribution < 1.29 is 19.1 Å². The maximum atomic E-state index is 13.6. The number of amides is 1. The van der Waals surface area contributed by atoms with E-state index in [2.05, 4.69) is 5.32 Å².